The zero-order valence-corrected chi connectivity index (χ0v) is 34.3. The average molecular weight is 729 g/mol. The van der Waals surface area contributed by atoms with Crippen molar-refractivity contribution >= 4 is 68.8 Å². The fourth-order valence-corrected chi connectivity index (χ4v) is 23.0. The second-order valence-corrected chi connectivity index (χ2v) is 26.5. The second kappa shape index (κ2) is 12.7. The van der Waals surface area contributed by atoms with E-state index in [1.165, 1.54) is 54.2 Å². The molecule has 0 saturated heterocycles. The number of rotatable bonds is 2. The van der Waals surface area contributed by atoms with E-state index in [1.807, 2.05) is 0 Å². The topological polar surface area (TPSA) is 0 Å². The van der Waals surface area contributed by atoms with E-state index in [9.17, 15) is 0 Å². The van der Waals surface area contributed by atoms with E-state index in [1.54, 1.807) is 20.7 Å². The molecule has 0 bridgehead atoms. The molecule has 10 rings (SSSR count). The number of benzene rings is 8. The molecule has 0 N–H and O–H groups in total. The zero-order valence-electron chi connectivity index (χ0n) is 32.3. The van der Waals surface area contributed by atoms with Crippen LogP contribution in [0, 0.1) is 0 Å². The SMILES string of the molecule is CC(C)(C)[Si@]1(c2ccccc2)c2ccccc2-c2ccc3ccccc3c21.CC(C)(C)[Si@]1(c2ccccc2)c2ccccc2-c2ccc3ccccc3c21. The van der Waals surface area contributed by atoms with Gasteiger partial charge in [0, 0.05) is 0 Å². The Morgan fingerprint density at radius 1 is 0.296 bits per heavy atom. The van der Waals surface area contributed by atoms with E-state index in [0.29, 0.717) is 0 Å². The maximum atomic E-state index is 2.44. The molecule has 2 atom stereocenters. The Morgan fingerprint density at radius 2 is 0.630 bits per heavy atom. The predicted molar refractivity (Wildman–Crippen MR) is 240 cm³/mol. The summed E-state index contributed by atoms with van der Waals surface area (Å²) in [5, 5.41) is 15.2. The summed E-state index contributed by atoms with van der Waals surface area (Å²) in [6.45, 7) is 14.7. The highest BCUT2D eigenvalue weighted by Crippen LogP contribution is 2.45. The van der Waals surface area contributed by atoms with Gasteiger partial charge in [-0.15, -0.1) is 0 Å². The molecule has 8 aromatic rings. The van der Waals surface area contributed by atoms with Gasteiger partial charge >= 0.3 is 0 Å². The van der Waals surface area contributed by atoms with Gasteiger partial charge in [0.1, 0.15) is 0 Å². The molecule has 264 valence electrons. The van der Waals surface area contributed by atoms with Gasteiger partial charge in [0.05, 0.1) is 0 Å². The van der Waals surface area contributed by atoms with E-state index in [4.69, 9.17) is 0 Å². The molecule has 8 aromatic carbocycles. The van der Waals surface area contributed by atoms with Gasteiger partial charge in [-0.3, -0.25) is 0 Å². The monoisotopic (exact) mass is 728 g/mol. The summed E-state index contributed by atoms with van der Waals surface area (Å²) < 4.78 is 0. The molecule has 0 aliphatic carbocycles. The van der Waals surface area contributed by atoms with E-state index < -0.39 is 16.1 Å². The van der Waals surface area contributed by atoms with E-state index >= 15 is 0 Å². The van der Waals surface area contributed by atoms with Crippen molar-refractivity contribution in [1.29, 1.82) is 0 Å². The molecule has 54 heavy (non-hydrogen) atoms. The van der Waals surface area contributed by atoms with Gasteiger partial charge in [0.25, 0.3) is 0 Å². The Hall–Kier alpha value is -5.29. The molecule has 0 saturated carbocycles. The third-order valence-electron chi connectivity index (χ3n) is 12.5. The first-order chi connectivity index (χ1) is 26.1. The average Bonchev–Trinajstić information content (AvgIpc) is 3.69. The van der Waals surface area contributed by atoms with E-state index in [2.05, 4.69) is 224 Å². The first kappa shape index (κ1) is 34.5. The Morgan fingerprint density at radius 3 is 1.02 bits per heavy atom. The van der Waals surface area contributed by atoms with Gasteiger partial charge in [-0.2, -0.15) is 0 Å². The molecule has 0 nitrogen and oxygen atoms in total. The van der Waals surface area contributed by atoms with Gasteiger partial charge in [-0.25, -0.2) is 0 Å². The molecule has 2 heteroatoms. The summed E-state index contributed by atoms with van der Waals surface area (Å²) in [5.41, 5.74) is 5.75. The second-order valence-electron chi connectivity index (χ2n) is 17.2. The molecule has 2 aliphatic rings. The molecule has 0 fully saturated rings. The lowest BCUT2D eigenvalue weighted by molar-refractivity contribution is 0.740. The van der Waals surface area contributed by atoms with Crippen molar-refractivity contribution in [2.45, 2.75) is 51.6 Å². The summed E-state index contributed by atoms with van der Waals surface area (Å²) >= 11 is 0. The molecule has 0 aromatic heterocycles. The van der Waals surface area contributed by atoms with Crippen molar-refractivity contribution in [2.24, 2.45) is 0 Å². The standard InChI is InChI=1S/2C26H24Si/c2*1-26(2,3)27(20-12-5-4-6-13-20)24-16-10-9-15-22(24)23-18-17-19-11-7-8-14-21(19)25(23)27/h2*4-18H,1-3H3/t2*27-/m11/s1. The fourth-order valence-electron chi connectivity index (χ4n) is 10.6. The predicted octanol–water partition coefficient (Wildman–Crippen LogP) is 10.2. The first-order valence-corrected chi connectivity index (χ1v) is 23.5. The third-order valence-corrected chi connectivity index (χ3v) is 24.5. The lowest BCUT2D eigenvalue weighted by atomic mass is 10.0. The molecule has 0 spiro atoms. The summed E-state index contributed by atoms with van der Waals surface area (Å²) in [4.78, 5) is 0. The van der Waals surface area contributed by atoms with Crippen LogP contribution in [-0.4, -0.2) is 16.1 Å². The molecule has 0 amide bonds. The Kier molecular flexibility index (Phi) is 8.08. The van der Waals surface area contributed by atoms with Crippen LogP contribution < -0.4 is 31.1 Å². The van der Waals surface area contributed by atoms with Crippen LogP contribution >= 0.6 is 0 Å². The molecule has 2 aliphatic heterocycles. The minimum absolute atomic E-state index is 0.153. The normalized spacial score (nSPS) is 18.3. The molecular weight excluding hydrogens is 681 g/mol. The highest BCUT2D eigenvalue weighted by atomic mass is 28.3. The van der Waals surface area contributed by atoms with Crippen LogP contribution in [0.15, 0.2) is 182 Å². The summed E-state index contributed by atoms with van der Waals surface area (Å²) in [6, 6.07) is 68.0. The van der Waals surface area contributed by atoms with E-state index in [-0.39, 0.29) is 10.1 Å². The van der Waals surface area contributed by atoms with Crippen LogP contribution in [0.3, 0.4) is 0 Å². The highest BCUT2D eigenvalue weighted by molar-refractivity contribution is 7.17. The summed E-state index contributed by atoms with van der Waals surface area (Å²) in [5.74, 6) is 0. The number of fused-ring (bicyclic) bond motifs is 10. The maximum absolute atomic E-state index is 2.44. The fraction of sp³-hybridized carbons (Fsp3) is 0.154. The quantitative estimate of drug-likeness (QED) is 0.156. The van der Waals surface area contributed by atoms with Gasteiger partial charge in [-0.1, -0.05) is 224 Å². The van der Waals surface area contributed by atoms with Gasteiger partial charge < -0.3 is 0 Å². The van der Waals surface area contributed by atoms with Crippen molar-refractivity contribution in [3.05, 3.63) is 182 Å². The molecule has 2 heterocycles. The molecule has 0 radical (unpaired) electrons. The molecular formula is C52H48Si2. The van der Waals surface area contributed by atoms with Crippen LogP contribution in [-0.2, 0) is 0 Å². The Bertz CT molecular complexity index is 2490. The Labute approximate surface area is 323 Å². The first-order valence-electron chi connectivity index (χ1n) is 19.5. The van der Waals surface area contributed by atoms with Gasteiger partial charge in [-0.05, 0) is 85.0 Å². The van der Waals surface area contributed by atoms with Gasteiger partial charge in [0.2, 0.25) is 0 Å². The van der Waals surface area contributed by atoms with Crippen molar-refractivity contribution in [3.8, 4) is 22.3 Å². The minimum Gasteiger partial charge on any atom is -0.0624 e. The van der Waals surface area contributed by atoms with Crippen LogP contribution in [0.25, 0.3) is 43.8 Å². The maximum Gasteiger partial charge on any atom is 0.155 e. The summed E-state index contributed by atoms with van der Waals surface area (Å²) in [7, 11) is -4.43. The van der Waals surface area contributed by atoms with Crippen molar-refractivity contribution in [3.63, 3.8) is 0 Å². The lowest BCUT2D eigenvalue weighted by Crippen LogP contribution is -2.70. The lowest BCUT2D eigenvalue weighted by Gasteiger charge is -2.43. The largest absolute Gasteiger partial charge is 0.155 e. The third kappa shape index (κ3) is 4.79. The zero-order chi connectivity index (χ0) is 37.3. The van der Waals surface area contributed by atoms with Crippen molar-refractivity contribution in [2.75, 3.05) is 0 Å². The van der Waals surface area contributed by atoms with Crippen LogP contribution in [0.5, 0.6) is 0 Å². The number of hydrogen-bond donors (Lipinski definition) is 0. The highest BCUT2D eigenvalue weighted by Gasteiger charge is 2.56. The smallest absolute Gasteiger partial charge is 0.0624 e. The van der Waals surface area contributed by atoms with E-state index in [0.717, 1.165) is 0 Å². The Balaban J connectivity index is 0.000000142. The van der Waals surface area contributed by atoms with Crippen LogP contribution in [0.1, 0.15) is 41.5 Å². The van der Waals surface area contributed by atoms with Gasteiger partial charge in [0.15, 0.2) is 16.1 Å². The van der Waals surface area contributed by atoms with Crippen LogP contribution in [0.4, 0.5) is 0 Å². The minimum atomic E-state index is -2.22. The van der Waals surface area contributed by atoms with Crippen LogP contribution in [0.2, 0.25) is 10.1 Å². The number of hydrogen-bond acceptors (Lipinski definition) is 0. The summed E-state index contributed by atoms with van der Waals surface area (Å²) in [6.07, 6.45) is 0. The molecule has 0 unspecified atom stereocenters. The van der Waals surface area contributed by atoms with Crippen molar-refractivity contribution < 1.29 is 0 Å². The van der Waals surface area contributed by atoms with Crippen molar-refractivity contribution in [1.82, 2.24) is 0 Å².